The van der Waals surface area contributed by atoms with Crippen molar-refractivity contribution in [2.45, 2.75) is 22.3 Å². The Kier molecular flexibility index (Phi) is 8.07. The highest BCUT2D eigenvalue weighted by Gasteiger charge is 2.37. The lowest BCUT2D eigenvalue weighted by molar-refractivity contribution is -0.143. The Balaban J connectivity index is 1.54. The number of methoxy groups -OCH3 is 2. The fourth-order valence-electron chi connectivity index (χ4n) is 3.51. The molecule has 4 rings (SSSR count). The van der Waals surface area contributed by atoms with Gasteiger partial charge in [0.1, 0.15) is 11.4 Å². The van der Waals surface area contributed by atoms with Crippen molar-refractivity contribution in [3.05, 3.63) is 72.1 Å². The summed E-state index contributed by atoms with van der Waals surface area (Å²) in [7, 11) is 3.02. The van der Waals surface area contributed by atoms with E-state index in [1.807, 2.05) is 0 Å². The molecule has 0 bridgehead atoms. The van der Waals surface area contributed by atoms with E-state index in [0.717, 1.165) is 4.90 Å². The first kappa shape index (κ1) is 28.2. The monoisotopic (exact) mass is 584 g/mol. The molecule has 204 valence electrons. The number of hydrogen-bond donors (Lipinski definition) is 2. The maximum absolute atomic E-state index is 13.2. The third kappa shape index (κ3) is 6.81. The Morgan fingerprint density at radius 3 is 2.03 bits per heavy atom. The van der Waals surface area contributed by atoms with Gasteiger partial charge in [0, 0.05) is 27.7 Å². The molecule has 0 aliphatic carbocycles. The molecule has 39 heavy (non-hydrogen) atoms. The van der Waals surface area contributed by atoms with Crippen LogP contribution in [-0.4, -0.2) is 29.3 Å². The summed E-state index contributed by atoms with van der Waals surface area (Å²) in [5.74, 6) is 1.01. The van der Waals surface area contributed by atoms with Gasteiger partial charge in [-0.3, -0.25) is 0 Å². The van der Waals surface area contributed by atoms with E-state index in [-0.39, 0.29) is 11.2 Å². The fourth-order valence-corrected chi connectivity index (χ4v) is 4.68. The highest BCUT2D eigenvalue weighted by Crippen LogP contribution is 2.39. The number of anilines is 2. The summed E-state index contributed by atoms with van der Waals surface area (Å²) in [4.78, 5) is 9.34. The summed E-state index contributed by atoms with van der Waals surface area (Å²) in [5, 5.41) is 6.30. The molecule has 1 heterocycles. The summed E-state index contributed by atoms with van der Waals surface area (Å²) in [5.41, 5.74) is -2.29. The van der Waals surface area contributed by atoms with Crippen molar-refractivity contribution in [3.63, 3.8) is 0 Å². The lowest BCUT2D eigenvalue weighted by atomic mass is 10.1. The van der Waals surface area contributed by atoms with Gasteiger partial charge in [0.15, 0.2) is 16.6 Å². The summed E-state index contributed by atoms with van der Waals surface area (Å²) >= 11 is 6.44. The number of rotatable bonds is 6. The van der Waals surface area contributed by atoms with Crippen molar-refractivity contribution in [1.82, 2.24) is 9.97 Å². The Bertz CT molecular complexity index is 1500. The quantitative estimate of drug-likeness (QED) is 0.136. The molecule has 0 amide bonds. The molecule has 6 nitrogen and oxygen atoms in total. The fraction of sp³-hybridized carbons (Fsp3) is 0.160. The smallest absolute Gasteiger partial charge is 0.416 e. The Morgan fingerprint density at radius 1 is 0.795 bits per heavy atom. The Hall–Kier alpha value is -3.78. The van der Waals surface area contributed by atoms with E-state index >= 15 is 0 Å². The zero-order valence-corrected chi connectivity index (χ0v) is 21.7. The highest BCUT2D eigenvalue weighted by atomic mass is 32.2. The number of fused-ring (bicyclic) bond motifs is 1. The predicted molar refractivity (Wildman–Crippen MR) is 139 cm³/mol. The predicted octanol–water partition coefficient (Wildman–Crippen LogP) is 7.64. The standard InChI is InChI=1S/C25H18F6N4O2S2/c1-36-20-10-18-19(11-21(20)37-2)32-12-33-22(18)39-17-5-3-4-15(9-17)34-23(38)35-16-7-13(24(26,27)28)6-14(8-16)25(29,30)31/h3-12H,1-2H3,(H2,34,35,38). The number of benzene rings is 3. The molecule has 3 aromatic carbocycles. The van der Waals surface area contributed by atoms with Gasteiger partial charge in [0.25, 0.3) is 0 Å². The molecule has 0 saturated carbocycles. The average Bonchev–Trinajstić information content (AvgIpc) is 2.87. The normalized spacial score (nSPS) is 11.8. The molecule has 0 unspecified atom stereocenters. The first-order valence-electron chi connectivity index (χ1n) is 10.9. The van der Waals surface area contributed by atoms with Crippen molar-refractivity contribution >= 4 is 51.4 Å². The van der Waals surface area contributed by atoms with Crippen LogP contribution >= 0.6 is 24.0 Å². The molecule has 0 aliphatic rings. The van der Waals surface area contributed by atoms with E-state index in [4.69, 9.17) is 21.7 Å². The van der Waals surface area contributed by atoms with E-state index in [0.29, 0.717) is 45.2 Å². The van der Waals surface area contributed by atoms with Gasteiger partial charge in [-0.05, 0) is 54.7 Å². The lowest BCUT2D eigenvalue weighted by Gasteiger charge is -2.16. The van der Waals surface area contributed by atoms with Crippen LogP contribution in [0.5, 0.6) is 11.5 Å². The highest BCUT2D eigenvalue weighted by molar-refractivity contribution is 7.99. The summed E-state index contributed by atoms with van der Waals surface area (Å²) in [6, 6.07) is 11.5. The van der Waals surface area contributed by atoms with Crippen LogP contribution in [0.25, 0.3) is 10.9 Å². The van der Waals surface area contributed by atoms with Gasteiger partial charge in [0.05, 0.1) is 30.9 Å². The van der Waals surface area contributed by atoms with Gasteiger partial charge in [-0.25, -0.2) is 9.97 Å². The average molecular weight is 585 g/mol. The van der Waals surface area contributed by atoms with Crippen LogP contribution in [0, 0.1) is 0 Å². The van der Waals surface area contributed by atoms with Gasteiger partial charge in [-0.2, -0.15) is 26.3 Å². The molecule has 0 saturated heterocycles. The van der Waals surface area contributed by atoms with Gasteiger partial charge in [-0.15, -0.1) is 0 Å². The molecule has 14 heteroatoms. The molecule has 1 aromatic heterocycles. The molecule has 0 spiro atoms. The largest absolute Gasteiger partial charge is 0.493 e. The van der Waals surface area contributed by atoms with Crippen LogP contribution in [0.4, 0.5) is 37.7 Å². The first-order chi connectivity index (χ1) is 18.4. The zero-order chi connectivity index (χ0) is 28.4. The Labute approximate surface area is 227 Å². The molecular weight excluding hydrogens is 566 g/mol. The number of aromatic nitrogens is 2. The molecule has 0 atom stereocenters. The van der Waals surface area contributed by atoms with Crippen molar-refractivity contribution in [2.75, 3.05) is 24.9 Å². The van der Waals surface area contributed by atoms with E-state index in [1.165, 1.54) is 32.3 Å². The summed E-state index contributed by atoms with van der Waals surface area (Å²) in [6.45, 7) is 0. The summed E-state index contributed by atoms with van der Waals surface area (Å²) < 4.78 is 89.6. The third-order valence-electron chi connectivity index (χ3n) is 5.26. The molecule has 4 aromatic rings. The number of alkyl halides is 6. The van der Waals surface area contributed by atoms with E-state index in [2.05, 4.69) is 20.6 Å². The zero-order valence-electron chi connectivity index (χ0n) is 20.1. The molecule has 0 radical (unpaired) electrons. The number of halogens is 6. The minimum atomic E-state index is -4.97. The van der Waals surface area contributed by atoms with Gasteiger partial charge < -0.3 is 20.1 Å². The van der Waals surface area contributed by atoms with Crippen molar-refractivity contribution in [1.29, 1.82) is 0 Å². The third-order valence-corrected chi connectivity index (χ3v) is 6.47. The van der Waals surface area contributed by atoms with Crippen LogP contribution in [0.3, 0.4) is 0 Å². The van der Waals surface area contributed by atoms with Gasteiger partial charge in [-0.1, -0.05) is 17.8 Å². The molecular formula is C25H18F6N4O2S2. The number of nitrogens with zero attached hydrogens (tertiary/aromatic N) is 2. The van der Waals surface area contributed by atoms with Crippen LogP contribution in [0.1, 0.15) is 11.1 Å². The topological polar surface area (TPSA) is 68.3 Å². The van der Waals surface area contributed by atoms with E-state index in [9.17, 15) is 26.3 Å². The maximum Gasteiger partial charge on any atom is 0.416 e. The van der Waals surface area contributed by atoms with Crippen molar-refractivity contribution in [3.8, 4) is 11.5 Å². The van der Waals surface area contributed by atoms with Crippen LogP contribution in [-0.2, 0) is 12.4 Å². The minimum Gasteiger partial charge on any atom is -0.493 e. The number of thiocarbonyl (C=S) groups is 1. The molecule has 0 aliphatic heterocycles. The van der Waals surface area contributed by atoms with Gasteiger partial charge >= 0.3 is 12.4 Å². The van der Waals surface area contributed by atoms with Crippen LogP contribution in [0.15, 0.2) is 70.8 Å². The minimum absolute atomic E-state index is 0.0465. The number of nitrogens with one attached hydrogen (secondary N) is 2. The van der Waals surface area contributed by atoms with E-state index < -0.39 is 29.2 Å². The first-order valence-corrected chi connectivity index (χ1v) is 12.1. The van der Waals surface area contributed by atoms with Crippen molar-refractivity contribution in [2.24, 2.45) is 0 Å². The maximum atomic E-state index is 13.2. The summed E-state index contributed by atoms with van der Waals surface area (Å²) in [6.07, 6.45) is -8.54. The molecule has 0 fully saturated rings. The second-order valence-corrected chi connectivity index (χ2v) is 9.38. The Morgan fingerprint density at radius 2 is 1.41 bits per heavy atom. The second kappa shape index (κ2) is 11.1. The molecule has 2 N–H and O–H groups in total. The lowest BCUT2D eigenvalue weighted by Crippen LogP contribution is -2.20. The second-order valence-electron chi connectivity index (χ2n) is 7.91. The SMILES string of the molecule is COc1cc2ncnc(Sc3cccc(NC(=S)Nc4cc(C(F)(F)F)cc(C(F)(F)F)c4)c3)c2cc1OC. The van der Waals surface area contributed by atoms with E-state index in [1.54, 1.807) is 36.4 Å². The number of hydrogen-bond acceptors (Lipinski definition) is 6. The van der Waals surface area contributed by atoms with Crippen LogP contribution in [0.2, 0.25) is 0 Å². The van der Waals surface area contributed by atoms with Gasteiger partial charge in [0.2, 0.25) is 0 Å². The van der Waals surface area contributed by atoms with Crippen LogP contribution < -0.4 is 20.1 Å². The number of ether oxygens (including phenoxy) is 2. The van der Waals surface area contributed by atoms with Crippen molar-refractivity contribution < 1.29 is 35.8 Å².